The van der Waals surface area contributed by atoms with Crippen LogP contribution in [0.3, 0.4) is 0 Å². The van der Waals surface area contributed by atoms with E-state index in [1.54, 1.807) is 6.26 Å². The van der Waals surface area contributed by atoms with Crippen molar-refractivity contribution in [1.82, 2.24) is 19.4 Å². The van der Waals surface area contributed by atoms with Crippen molar-refractivity contribution < 1.29 is 50.6 Å². The first-order valence-electron chi connectivity index (χ1n) is 9.57. The number of aromatic nitrogens is 3. The van der Waals surface area contributed by atoms with Crippen molar-refractivity contribution in [3.63, 3.8) is 0 Å². The standard InChI is InChI=1S/C16H16N4O.2C2HF3O2/c1-4-17-5-2-14(1)15-9-18-16-11-19(6-7-20(15)16)10-13-3-8-21-12-13;2*3-2(4,5)1(6)7/h1-5,8-9,12H,6-7,10-11H2;2*(H,6,7). The predicted octanol–water partition coefficient (Wildman–Crippen LogP) is 3.82. The first kappa shape index (κ1) is 27.4. The normalized spacial score (nSPS) is 13.5. The Morgan fingerprint density at radius 3 is 2.03 bits per heavy atom. The summed E-state index contributed by atoms with van der Waals surface area (Å²) in [7, 11) is 0. The van der Waals surface area contributed by atoms with E-state index >= 15 is 0 Å². The second-order valence-electron chi connectivity index (χ2n) is 6.90. The summed E-state index contributed by atoms with van der Waals surface area (Å²) >= 11 is 0. The van der Waals surface area contributed by atoms with Gasteiger partial charge in [0, 0.05) is 43.2 Å². The molecule has 0 spiro atoms. The monoisotopic (exact) mass is 508 g/mol. The molecule has 2 N–H and O–H groups in total. The lowest BCUT2D eigenvalue weighted by atomic mass is 10.2. The molecule has 0 bridgehead atoms. The third-order valence-corrected chi connectivity index (χ3v) is 4.39. The van der Waals surface area contributed by atoms with Gasteiger partial charge in [0.25, 0.3) is 0 Å². The number of halogens is 6. The van der Waals surface area contributed by atoms with Crippen LogP contribution >= 0.6 is 0 Å². The van der Waals surface area contributed by atoms with E-state index in [-0.39, 0.29) is 0 Å². The molecule has 0 radical (unpaired) electrons. The molecule has 0 saturated carbocycles. The molecule has 4 heterocycles. The summed E-state index contributed by atoms with van der Waals surface area (Å²) < 4.78 is 70.9. The molecule has 9 nitrogen and oxygen atoms in total. The highest BCUT2D eigenvalue weighted by Crippen LogP contribution is 2.24. The smallest absolute Gasteiger partial charge is 0.475 e. The van der Waals surface area contributed by atoms with Crippen molar-refractivity contribution in [3.8, 4) is 11.3 Å². The van der Waals surface area contributed by atoms with Gasteiger partial charge in [-0.2, -0.15) is 26.3 Å². The van der Waals surface area contributed by atoms with Crippen molar-refractivity contribution >= 4 is 11.9 Å². The van der Waals surface area contributed by atoms with Crippen LogP contribution in [0.1, 0.15) is 11.4 Å². The third-order valence-electron chi connectivity index (χ3n) is 4.39. The van der Waals surface area contributed by atoms with Gasteiger partial charge in [0.1, 0.15) is 5.82 Å². The zero-order valence-corrected chi connectivity index (χ0v) is 17.6. The van der Waals surface area contributed by atoms with Crippen LogP contribution in [0.5, 0.6) is 0 Å². The lowest BCUT2D eigenvalue weighted by Gasteiger charge is -2.28. The SMILES string of the molecule is O=C(O)C(F)(F)F.O=C(O)C(F)(F)F.c1cc(-c2cnc3n2CCN(Cc2ccoc2)C3)ccn1. The van der Waals surface area contributed by atoms with Crippen LogP contribution in [0, 0.1) is 0 Å². The highest BCUT2D eigenvalue weighted by atomic mass is 19.4. The van der Waals surface area contributed by atoms with E-state index in [2.05, 4.69) is 19.4 Å². The lowest BCUT2D eigenvalue weighted by Crippen LogP contribution is -2.33. The topological polar surface area (TPSA) is 122 Å². The number of imidazole rings is 1. The fraction of sp³-hybridized carbons (Fsp3) is 0.300. The molecule has 3 aromatic rings. The van der Waals surface area contributed by atoms with Gasteiger partial charge in [-0.1, -0.05) is 0 Å². The molecule has 0 unspecified atom stereocenters. The van der Waals surface area contributed by atoms with Crippen molar-refractivity contribution in [1.29, 1.82) is 0 Å². The molecule has 0 fully saturated rings. The fourth-order valence-corrected chi connectivity index (χ4v) is 2.84. The molecular weight excluding hydrogens is 490 g/mol. The summed E-state index contributed by atoms with van der Waals surface area (Å²) in [6.07, 6.45) is -1.02. The maximum atomic E-state index is 10.6. The molecule has 1 aliphatic heterocycles. The van der Waals surface area contributed by atoms with Gasteiger partial charge in [0.15, 0.2) is 0 Å². The number of pyridine rings is 1. The van der Waals surface area contributed by atoms with Gasteiger partial charge in [-0.05, 0) is 18.2 Å². The molecule has 35 heavy (non-hydrogen) atoms. The molecule has 3 aromatic heterocycles. The van der Waals surface area contributed by atoms with Gasteiger partial charge >= 0.3 is 24.3 Å². The number of carbonyl (C=O) groups is 2. The van der Waals surface area contributed by atoms with Gasteiger partial charge in [0.2, 0.25) is 0 Å². The Labute approximate surface area is 193 Å². The van der Waals surface area contributed by atoms with Crippen LogP contribution in [0.25, 0.3) is 11.3 Å². The molecule has 0 amide bonds. The van der Waals surface area contributed by atoms with Gasteiger partial charge in [-0.15, -0.1) is 0 Å². The molecule has 4 rings (SSSR count). The number of carboxylic acids is 2. The maximum Gasteiger partial charge on any atom is 0.490 e. The molecule has 0 saturated heterocycles. The Morgan fingerprint density at radius 1 is 0.971 bits per heavy atom. The molecule has 0 aromatic carbocycles. The second-order valence-corrected chi connectivity index (χ2v) is 6.90. The van der Waals surface area contributed by atoms with Gasteiger partial charge in [0.05, 0.1) is 31.0 Å². The first-order valence-corrected chi connectivity index (χ1v) is 9.57. The minimum absolute atomic E-state index is 0.871. The average molecular weight is 508 g/mol. The minimum Gasteiger partial charge on any atom is -0.475 e. The minimum atomic E-state index is -5.08. The predicted molar refractivity (Wildman–Crippen MR) is 106 cm³/mol. The zero-order valence-electron chi connectivity index (χ0n) is 17.6. The van der Waals surface area contributed by atoms with Crippen LogP contribution in [0.2, 0.25) is 0 Å². The summed E-state index contributed by atoms with van der Waals surface area (Å²) in [6, 6.07) is 6.08. The third kappa shape index (κ3) is 8.44. The Hall–Kier alpha value is -3.88. The maximum absolute atomic E-state index is 10.6. The van der Waals surface area contributed by atoms with E-state index in [9.17, 15) is 26.3 Å². The molecule has 15 heteroatoms. The van der Waals surface area contributed by atoms with Gasteiger partial charge in [-0.25, -0.2) is 14.6 Å². The van der Waals surface area contributed by atoms with E-state index in [0.717, 1.165) is 32.0 Å². The van der Waals surface area contributed by atoms with Crippen LogP contribution in [0.15, 0.2) is 53.7 Å². The van der Waals surface area contributed by atoms with Crippen LogP contribution < -0.4 is 0 Å². The van der Waals surface area contributed by atoms with Crippen molar-refractivity contribution in [2.75, 3.05) is 6.54 Å². The molecule has 1 aliphatic rings. The quantitative estimate of drug-likeness (QED) is 0.513. The van der Waals surface area contributed by atoms with E-state index in [1.165, 1.54) is 16.8 Å². The van der Waals surface area contributed by atoms with E-state index in [1.807, 2.05) is 43.1 Å². The zero-order chi connectivity index (χ0) is 26.2. The number of aliphatic carboxylic acids is 2. The summed E-state index contributed by atoms with van der Waals surface area (Å²) in [5, 5.41) is 14.2. The number of carboxylic acid groups (broad SMARTS) is 2. The number of furan rings is 1. The number of nitrogens with zero attached hydrogens (tertiary/aromatic N) is 4. The van der Waals surface area contributed by atoms with Crippen LogP contribution in [0.4, 0.5) is 26.3 Å². The Bertz CT molecular complexity index is 1070. The molecular formula is C20H18F6N4O5. The summed E-state index contributed by atoms with van der Waals surface area (Å²) in [5.41, 5.74) is 3.56. The Balaban J connectivity index is 0.000000257. The largest absolute Gasteiger partial charge is 0.490 e. The number of fused-ring (bicyclic) bond motifs is 1. The van der Waals surface area contributed by atoms with Gasteiger partial charge in [-0.3, -0.25) is 9.88 Å². The summed E-state index contributed by atoms with van der Waals surface area (Å²) in [6.45, 7) is 3.77. The first-order chi connectivity index (χ1) is 16.3. The summed E-state index contributed by atoms with van der Waals surface area (Å²) in [5.74, 6) is -4.39. The number of alkyl halides is 6. The summed E-state index contributed by atoms with van der Waals surface area (Å²) in [4.78, 5) is 28.8. The van der Waals surface area contributed by atoms with Crippen molar-refractivity contribution in [2.45, 2.75) is 32.0 Å². The average Bonchev–Trinajstić information content (AvgIpc) is 3.43. The molecule has 190 valence electrons. The van der Waals surface area contributed by atoms with E-state index in [0.29, 0.717) is 0 Å². The van der Waals surface area contributed by atoms with Crippen molar-refractivity contribution in [3.05, 3.63) is 60.7 Å². The Kier molecular flexibility index (Phi) is 8.99. The lowest BCUT2D eigenvalue weighted by molar-refractivity contribution is -0.193. The molecule has 0 atom stereocenters. The van der Waals surface area contributed by atoms with E-state index < -0.39 is 24.3 Å². The molecule has 0 aliphatic carbocycles. The van der Waals surface area contributed by atoms with E-state index in [4.69, 9.17) is 24.2 Å². The highest BCUT2D eigenvalue weighted by molar-refractivity contribution is 5.73. The Morgan fingerprint density at radius 2 is 1.54 bits per heavy atom. The number of rotatable bonds is 3. The van der Waals surface area contributed by atoms with Crippen LogP contribution in [-0.4, -0.2) is 60.5 Å². The number of hydrogen-bond acceptors (Lipinski definition) is 6. The fourth-order valence-electron chi connectivity index (χ4n) is 2.84. The van der Waals surface area contributed by atoms with Crippen LogP contribution in [-0.2, 0) is 29.2 Å². The van der Waals surface area contributed by atoms with Crippen molar-refractivity contribution in [2.24, 2.45) is 0 Å². The highest BCUT2D eigenvalue weighted by Gasteiger charge is 2.38. The number of hydrogen-bond donors (Lipinski definition) is 2. The second kappa shape index (κ2) is 11.5. The van der Waals surface area contributed by atoms with Gasteiger partial charge < -0.3 is 19.2 Å².